The van der Waals surface area contributed by atoms with Crippen molar-refractivity contribution in [1.82, 2.24) is 0 Å². The van der Waals surface area contributed by atoms with Gasteiger partial charge in [-0.3, -0.25) is 9.59 Å². The van der Waals surface area contributed by atoms with Crippen LogP contribution in [-0.2, 0) is 20.7 Å². The van der Waals surface area contributed by atoms with E-state index in [-0.39, 0.29) is 17.7 Å². The van der Waals surface area contributed by atoms with Crippen molar-refractivity contribution in [1.29, 1.82) is 0 Å². The van der Waals surface area contributed by atoms with Gasteiger partial charge in [0.15, 0.2) is 6.10 Å². The molecule has 0 aromatic heterocycles. The van der Waals surface area contributed by atoms with E-state index in [9.17, 15) is 14.4 Å². The molecule has 1 fully saturated rings. The van der Waals surface area contributed by atoms with Crippen LogP contribution in [0, 0.1) is 5.92 Å². The number of hydrogen-bond acceptors (Lipinski definition) is 4. The maximum Gasteiger partial charge on any atom is 0.339 e. The average Bonchev–Trinajstić information content (AvgIpc) is 3.48. The van der Waals surface area contributed by atoms with Crippen molar-refractivity contribution in [2.75, 3.05) is 10.6 Å². The lowest BCUT2D eigenvalue weighted by Gasteiger charge is -2.23. The van der Waals surface area contributed by atoms with Gasteiger partial charge in [0.2, 0.25) is 5.91 Å². The molecule has 0 spiro atoms. The highest BCUT2D eigenvalue weighted by atomic mass is 16.5. The number of carbonyl (C=O) groups excluding carboxylic acids is 3. The first-order valence-corrected chi connectivity index (χ1v) is 8.61. The summed E-state index contributed by atoms with van der Waals surface area (Å²) in [5.41, 5.74) is 2.58. The maximum absolute atomic E-state index is 12.4. The highest BCUT2D eigenvalue weighted by molar-refractivity contribution is 6.00. The lowest BCUT2D eigenvalue weighted by Crippen LogP contribution is -2.37. The van der Waals surface area contributed by atoms with Crippen molar-refractivity contribution in [3.8, 4) is 0 Å². The molecule has 4 rings (SSSR count). The fourth-order valence-electron chi connectivity index (χ4n) is 2.93. The summed E-state index contributed by atoms with van der Waals surface area (Å²) in [6.07, 6.45) is 1.39. The molecule has 2 aromatic carbocycles. The third kappa shape index (κ3) is 3.44. The summed E-state index contributed by atoms with van der Waals surface area (Å²) >= 11 is 0. The molecule has 1 atom stereocenters. The van der Waals surface area contributed by atoms with Crippen LogP contribution >= 0.6 is 0 Å². The van der Waals surface area contributed by atoms with Crippen LogP contribution in [0.25, 0.3) is 0 Å². The second-order valence-electron chi connectivity index (χ2n) is 6.59. The molecular weight excluding hydrogens is 332 g/mol. The highest BCUT2D eigenvalue weighted by Crippen LogP contribution is 2.30. The molecule has 6 nitrogen and oxygen atoms in total. The Morgan fingerprint density at radius 2 is 1.50 bits per heavy atom. The molecule has 1 heterocycles. The predicted octanol–water partition coefficient (Wildman–Crippen LogP) is 2.76. The van der Waals surface area contributed by atoms with Crippen molar-refractivity contribution in [2.45, 2.75) is 25.4 Å². The normalized spacial score (nSPS) is 18.5. The van der Waals surface area contributed by atoms with E-state index in [1.54, 1.807) is 36.4 Å². The Balaban J connectivity index is 1.39. The number of carbonyl (C=O) groups is 3. The molecule has 2 N–H and O–H groups in total. The Kier molecular flexibility index (Phi) is 4.16. The van der Waals surface area contributed by atoms with Gasteiger partial charge in [0, 0.05) is 23.7 Å². The topological polar surface area (TPSA) is 84.5 Å². The van der Waals surface area contributed by atoms with Gasteiger partial charge in [0.25, 0.3) is 5.91 Å². The molecule has 2 aromatic rings. The summed E-state index contributed by atoms with van der Waals surface area (Å²) in [5.74, 6) is -0.680. The van der Waals surface area contributed by atoms with Gasteiger partial charge in [0.1, 0.15) is 0 Å². The molecule has 132 valence electrons. The van der Waals surface area contributed by atoms with E-state index >= 15 is 0 Å². The monoisotopic (exact) mass is 350 g/mol. The number of nitrogens with one attached hydrogen (secondary N) is 2. The van der Waals surface area contributed by atoms with Crippen LogP contribution in [0.4, 0.5) is 11.4 Å². The average molecular weight is 350 g/mol. The van der Waals surface area contributed by atoms with Crippen LogP contribution in [0.3, 0.4) is 0 Å². The molecule has 26 heavy (non-hydrogen) atoms. The minimum Gasteiger partial charge on any atom is -0.448 e. The summed E-state index contributed by atoms with van der Waals surface area (Å²) in [5, 5.41) is 5.59. The van der Waals surface area contributed by atoms with E-state index in [4.69, 9.17) is 4.74 Å². The van der Waals surface area contributed by atoms with E-state index in [1.165, 1.54) is 0 Å². The number of amides is 2. The Morgan fingerprint density at radius 3 is 2.15 bits per heavy atom. The van der Waals surface area contributed by atoms with Gasteiger partial charge in [-0.15, -0.1) is 0 Å². The van der Waals surface area contributed by atoms with Crippen molar-refractivity contribution in [2.24, 2.45) is 5.92 Å². The van der Waals surface area contributed by atoms with Crippen LogP contribution in [0.1, 0.15) is 28.8 Å². The lowest BCUT2D eigenvalue weighted by molar-refractivity contribution is -0.125. The largest absolute Gasteiger partial charge is 0.448 e. The van der Waals surface area contributed by atoms with E-state index in [0.717, 1.165) is 18.4 Å². The fraction of sp³-hybridized carbons (Fsp3) is 0.250. The molecule has 0 bridgehead atoms. The molecule has 6 heteroatoms. The number of rotatable bonds is 4. The zero-order chi connectivity index (χ0) is 18.1. The molecule has 1 saturated carbocycles. The van der Waals surface area contributed by atoms with Gasteiger partial charge >= 0.3 is 5.97 Å². The number of benzene rings is 2. The van der Waals surface area contributed by atoms with Crippen molar-refractivity contribution >= 4 is 29.2 Å². The highest BCUT2D eigenvalue weighted by Gasteiger charge is 2.31. The zero-order valence-corrected chi connectivity index (χ0v) is 14.0. The minimum atomic E-state index is -0.855. The predicted molar refractivity (Wildman–Crippen MR) is 95.8 cm³/mol. The lowest BCUT2D eigenvalue weighted by atomic mass is 9.98. The van der Waals surface area contributed by atoms with Crippen LogP contribution in [0.5, 0.6) is 0 Å². The van der Waals surface area contributed by atoms with E-state index in [0.29, 0.717) is 23.4 Å². The van der Waals surface area contributed by atoms with E-state index in [1.807, 2.05) is 12.1 Å². The Bertz CT molecular complexity index is 872. The minimum absolute atomic E-state index is 0.0366. The van der Waals surface area contributed by atoms with Crippen molar-refractivity contribution < 1.29 is 19.1 Å². The van der Waals surface area contributed by atoms with E-state index in [2.05, 4.69) is 10.6 Å². The quantitative estimate of drug-likeness (QED) is 0.831. The van der Waals surface area contributed by atoms with Crippen molar-refractivity contribution in [3.63, 3.8) is 0 Å². The molecule has 1 aliphatic heterocycles. The van der Waals surface area contributed by atoms with Crippen LogP contribution in [0.15, 0.2) is 48.5 Å². The number of ether oxygens (including phenoxy) is 1. The molecular formula is C20H18N2O4. The number of anilines is 2. The molecule has 2 amide bonds. The first kappa shape index (κ1) is 16.3. The molecule has 1 unspecified atom stereocenters. The number of cyclic esters (lactones) is 1. The van der Waals surface area contributed by atoms with Crippen molar-refractivity contribution in [3.05, 3.63) is 59.7 Å². The third-order valence-corrected chi connectivity index (χ3v) is 4.55. The molecule has 1 aliphatic carbocycles. The smallest absolute Gasteiger partial charge is 0.339 e. The van der Waals surface area contributed by atoms with Gasteiger partial charge in [-0.1, -0.05) is 18.2 Å². The Hall–Kier alpha value is -3.15. The summed E-state index contributed by atoms with van der Waals surface area (Å²) in [6, 6.07) is 14.0. The van der Waals surface area contributed by atoms with E-state index < -0.39 is 12.1 Å². The van der Waals surface area contributed by atoms with Crippen LogP contribution in [0.2, 0.25) is 0 Å². The molecule has 0 saturated heterocycles. The molecule has 2 aliphatic rings. The van der Waals surface area contributed by atoms with Crippen LogP contribution in [-0.4, -0.2) is 23.9 Å². The SMILES string of the molecule is O=C1OC(C(=O)Nc2ccc(NC(=O)C3CC3)cc2)Cc2ccccc21. The summed E-state index contributed by atoms with van der Waals surface area (Å²) in [4.78, 5) is 36.2. The van der Waals surface area contributed by atoms with Crippen LogP contribution < -0.4 is 10.6 Å². The summed E-state index contributed by atoms with van der Waals surface area (Å²) in [6.45, 7) is 0. The maximum atomic E-state index is 12.4. The summed E-state index contributed by atoms with van der Waals surface area (Å²) < 4.78 is 5.25. The fourth-order valence-corrected chi connectivity index (χ4v) is 2.93. The van der Waals surface area contributed by atoms with Gasteiger partial charge < -0.3 is 15.4 Å². The second kappa shape index (κ2) is 6.63. The molecule has 0 radical (unpaired) electrons. The third-order valence-electron chi connectivity index (χ3n) is 4.55. The van der Waals surface area contributed by atoms with Gasteiger partial charge in [-0.05, 0) is 48.7 Å². The first-order chi connectivity index (χ1) is 12.6. The first-order valence-electron chi connectivity index (χ1n) is 8.61. The standard InChI is InChI=1S/C20H18N2O4/c23-18(12-5-6-12)21-14-7-9-15(10-8-14)22-19(24)17-11-13-3-1-2-4-16(13)20(25)26-17/h1-4,7-10,12,17H,5-6,11H2,(H,21,23)(H,22,24). The number of fused-ring (bicyclic) bond motifs is 1. The Morgan fingerprint density at radius 1 is 0.885 bits per heavy atom. The van der Waals surface area contributed by atoms with Gasteiger partial charge in [-0.25, -0.2) is 4.79 Å². The Labute approximate surface area is 150 Å². The zero-order valence-electron chi connectivity index (χ0n) is 14.0. The number of hydrogen-bond donors (Lipinski definition) is 2. The summed E-state index contributed by atoms with van der Waals surface area (Å²) in [7, 11) is 0. The second-order valence-corrected chi connectivity index (χ2v) is 6.59. The number of esters is 1. The van der Waals surface area contributed by atoms with Gasteiger partial charge in [0.05, 0.1) is 5.56 Å². The van der Waals surface area contributed by atoms with Gasteiger partial charge in [-0.2, -0.15) is 0 Å².